The van der Waals surface area contributed by atoms with Gasteiger partial charge in [-0.3, -0.25) is 4.79 Å². The molecule has 0 unspecified atom stereocenters. The van der Waals surface area contributed by atoms with Crippen molar-refractivity contribution >= 4 is 5.91 Å². The quantitative estimate of drug-likeness (QED) is 0.711. The predicted molar refractivity (Wildman–Crippen MR) is 53.3 cm³/mol. The van der Waals surface area contributed by atoms with Gasteiger partial charge in [-0.05, 0) is 24.8 Å². The monoisotopic (exact) mass is 184 g/mol. The number of amides is 1. The van der Waals surface area contributed by atoms with Crippen molar-refractivity contribution in [1.82, 2.24) is 4.90 Å². The molecule has 1 rings (SSSR count). The molecule has 0 aliphatic carbocycles. The van der Waals surface area contributed by atoms with Crippen LogP contribution in [-0.2, 0) is 4.79 Å². The molecule has 1 amide bonds. The number of hydrogen-bond donors (Lipinski definition) is 1. The van der Waals surface area contributed by atoms with Crippen LogP contribution in [0.15, 0.2) is 0 Å². The van der Waals surface area contributed by atoms with Gasteiger partial charge in [0.15, 0.2) is 0 Å². The smallest absolute Gasteiger partial charge is 0.222 e. The number of hydrogen-bond acceptors (Lipinski definition) is 2. The van der Waals surface area contributed by atoms with Crippen molar-refractivity contribution in [2.45, 2.75) is 33.1 Å². The maximum Gasteiger partial charge on any atom is 0.222 e. The molecule has 1 fully saturated rings. The third-order valence-corrected chi connectivity index (χ3v) is 2.59. The summed E-state index contributed by atoms with van der Waals surface area (Å²) in [6.45, 7) is 6.57. The van der Waals surface area contributed by atoms with Crippen LogP contribution in [0.4, 0.5) is 0 Å². The summed E-state index contributed by atoms with van der Waals surface area (Å²) in [4.78, 5) is 13.4. The number of nitrogens with two attached hydrogens (primary N) is 1. The molecule has 1 aliphatic heterocycles. The number of carbonyl (C=O) groups is 1. The maximum absolute atomic E-state index is 11.5. The molecular formula is C10H20N2O. The van der Waals surface area contributed by atoms with Gasteiger partial charge in [-0.15, -0.1) is 0 Å². The lowest BCUT2D eigenvalue weighted by molar-refractivity contribution is -0.134. The summed E-state index contributed by atoms with van der Waals surface area (Å²) in [6.07, 6.45) is 2.92. The third kappa shape index (κ3) is 2.99. The molecule has 76 valence electrons. The van der Waals surface area contributed by atoms with E-state index in [-0.39, 0.29) is 5.41 Å². The number of carbonyl (C=O) groups excluding carboxylic acids is 1. The van der Waals surface area contributed by atoms with E-state index in [2.05, 4.69) is 13.8 Å². The van der Waals surface area contributed by atoms with Crippen molar-refractivity contribution in [2.75, 3.05) is 19.6 Å². The van der Waals surface area contributed by atoms with Crippen LogP contribution < -0.4 is 5.73 Å². The summed E-state index contributed by atoms with van der Waals surface area (Å²) in [7, 11) is 0. The first kappa shape index (κ1) is 10.5. The minimum Gasteiger partial charge on any atom is -0.342 e. The minimum atomic E-state index is 0.0625. The zero-order chi connectivity index (χ0) is 9.90. The Kier molecular flexibility index (Phi) is 3.31. The Bertz CT molecular complexity index is 189. The fraction of sp³-hybridized carbons (Fsp3) is 0.900. The highest BCUT2D eigenvalue weighted by Gasteiger charge is 2.25. The molecule has 0 aromatic carbocycles. The van der Waals surface area contributed by atoms with E-state index in [4.69, 9.17) is 5.73 Å². The zero-order valence-corrected chi connectivity index (χ0v) is 8.68. The first-order valence-electron chi connectivity index (χ1n) is 5.03. The number of likely N-dealkylation sites (tertiary alicyclic amines) is 1. The average molecular weight is 184 g/mol. The van der Waals surface area contributed by atoms with Gasteiger partial charge in [0.1, 0.15) is 0 Å². The SMILES string of the molecule is CC(C)(CN)CN1CCCCC1=O. The fourth-order valence-corrected chi connectivity index (χ4v) is 1.61. The fourth-order valence-electron chi connectivity index (χ4n) is 1.61. The molecule has 1 saturated heterocycles. The van der Waals surface area contributed by atoms with Gasteiger partial charge < -0.3 is 10.6 Å². The molecular weight excluding hydrogens is 164 g/mol. The number of rotatable bonds is 3. The van der Waals surface area contributed by atoms with Crippen molar-refractivity contribution in [3.05, 3.63) is 0 Å². The summed E-state index contributed by atoms with van der Waals surface area (Å²) < 4.78 is 0. The normalized spacial score (nSPS) is 19.3. The Morgan fingerprint density at radius 2 is 2.15 bits per heavy atom. The van der Waals surface area contributed by atoms with Crippen LogP contribution in [0.3, 0.4) is 0 Å². The van der Waals surface area contributed by atoms with E-state index in [0.717, 1.165) is 32.4 Å². The number of nitrogens with zero attached hydrogens (tertiary/aromatic N) is 1. The van der Waals surface area contributed by atoms with Gasteiger partial charge in [0.05, 0.1) is 0 Å². The lowest BCUT2D eigenvalue weighted by atomic mass is 9.92. The molecule has 0 atom stereocenters. The van der Waals surface area contributed by atoms with Crippen molar-refractivity contribution < 1.29 is 4.79 Å². The van der Waals surface area contributed by atoms with Crippen LogP contribution >= 0.6 is 0 Å². The van der Waals surface area contributed by atoms with Crippen LogP contribution in [0.1, 0.15) is 33.1 Å². The van der Waals surface area contributed by atoms with E-state index >= 15 is 0 Å². The third-order valence-electron chi connectivity index (χ3n) is 2.59. The van der Waals surface area contributed by atoms with Crippen molar-refractivity contribution in [3.63, 3.8) is 0 Å². The predicted octanol–water partition coefficient (Wildman–Crippen LogP) is 0.984. The second-order valence-electron chi connectivity index (χ2n) is 4.64. The Morgan fingerprint density at radius 1 is 1.46 bits per heavy atom. The standard InChI is InChI=1S/C10H20N2O/c1-10(2,7-11)8-12-6-4-3-5-9(12)13/h3-8,11H2,1-2H3. The zero-order valence-electron chi connectivity index (χ0n) is 8.68. The van der Waals surface area contributed by atoms with E-state index in [9.17, 15) is 4.79 Å². The molecule has 1 aliphatic rings. The Labute approximate surface area is 80.3 Å². The van der Waals surface area contributed by atoms with Gasteiger partial charge in [0.2, 0.25) is 5.91 Å². The summed E-state index contributed by atoms with van der Waals surface area (Å²) in [6, 6.07) is 0. The highest BCUT2D eigenvalue weighted by Crippen LogP contribution is 2.19. The highest BCUT2D eigenvalue weighted by molar-refractivity contribution is 5.76. The van der Waals surface area contributed by atoms with E-state index < -0.39 is 0 Å². The van der Waals surface area contributed by atoms with Crippen LogP contribution in [0.2, 0.25) is 0 Å². The van der Waals surface area contributed by atoms with E-state index in [1.165, 1.54) is 0 Å². The first-order chi connectivity index (χ1) is 6.05. The van der Waals surface area contributed by atoms with Gasteiger partial charge >= 0.3 is 0 Å². The molecule has 1 heterocycles. The van der Waals surface area contributed by atoms with Gasteiger partial charge in [-0.25, -0.2) is 0 Å². The lowest BCUT2D eigenvalue weighted by Gasteiger charge is -2.34. The van der Waals surface area contributed by atoms with Crippen molar-refractivity contribution in [3.8, 4) is 0 Å². The van der Waals surface area contributed by atoms with Gasteiger partial charge in [-0.1, -0.05) is 13.8 Å². The molecule has 0 radical (unpaired) electrons. The maximum atomic E-state index is 11.5. The summed E-state index contributed by atoms with van der Waals surface area (Å²) in [5, 5.41) is 0. The lowest BCUT2D eigenvalue weighted by Crippen LogP contribution is -2.44. The molecule has 13 heavy (non-hydrogen) atoms. The second-order valence-corrected chi connectivity index (χ2v) is 4.64. The van der Waals surface area contributed by atoms with E-state index in [1.54, 1.807) is 0 Å². The average Bonchev–Trinajstić information content (AvgIpc) is 2.09. The van der Waals surface area contributed by atoms with Crippen LogP contribution in [-0.4, -0.2) is 30.4 Å². The molecule has 0 aromatic rings. The van der Waals surface area contributed by atoms with Crippen LogP contribution in [0, 0.1) is 5.41 Å². The molecule has 3 heteroatoms. The van der Waals surface area contributed by atoms with E-state index in [0.29, 0.717) is 12.5 Å². The molecule has 0 aromatic heterocycles. The molecule has 0 bridgehead atoms. The Hall–Kier alpha value is -0.570. The second kappa shape index (κ2) is 4.09. The van der Waals surface area contributed by atoms with Gasteiger partial charge in [-0.2, -0.15) is 0 Å². The Morgan fingerprint density at radius 3 is 2.69 bits per heavy atom. The molecule has 2 N–H and O–H groups in total. The van der Waals surface area contributed by atoms with E-state index in [1.807, 2.05) is 4.90 Å². The number of piperidine rings is 1. The Balaban J connectivity index is 2.47. The summed E-state index contributed by atoms with van der Waals surface area (Å²) in [5.41, 5.74) is 5.69. The van der Waals surface area contributed by atoms with Crippen molar-refractivity contribution in [1.29, 1.82) is 0 Å². The molecule has 0 spiro atoms. The highest BCUT2D eigenvalue weighted by atomic mass is 16.2. The van der Waals surface area contributed by atoms with Gasteiger partial charge in [0.25, 0.3) is 0 Å². The molecule has 3 nitrogen and oxygen atoms in total. The largest absolute Gasteiger partial charge is 0.342 e. The first-order valence-corrected chi connectivity index (χ1v) is 5.03. The summed E-state index contributed by atoms with van der Waals surface area (Å²) >= 11 is 0. The minimum absolute atomic E-state index is 0.0625. The molecule has 0 saturated carbocycles. The van der Waals surface area contributed by atoms with Gasteiger partial charge in [0, 0.05) is 19.5 Å². The summed E-state index contributed by atoms with van der Waals surface area (Å²) in [5.74, 6) is 0.299. The van der Waals surface area contributed by atoms with Crippen molar-refractivity contribution in [2.24, 2.45) is 11.1 Å². The topological polar surface area (TPSA) is 46.3 Å². The van der Waals surface area contributed by atoms with Crippen LogP contribution in [0.5, 0.6) is 0 Å². The van der Waals surface area contributed by atoms with Crippen LogP contribution in [0.25, 0.3) is 0 Å².